The standard InChI is InChI=1S/C23H24F5N3O4/c1-13-30-18-11-20(35-7-5-33-3)19(34-6-4-32-2)10-16(18)22(31-13)29-12-14-8-15(24)9-17(21(14)25)23(26,27)28/h8-11H,4-7,12H2,1-3H3,(H,29,30,31). The predicted octanol–water partition coefficient (Wildman–Crippen LogP) is 4.90. The van der Waals surface area contributed by atoms with Gasteiger partial charge in [0.05, 0.1) is 24.3 Å². The quantitative estimate of drug-likeness (QED) is 0.296. The van der Waals surface area contributed by atoms with Crippen LogP contribution in [0.2, 0.25) is 0 Å². The van der Waals surface area contributed by atoms with Gasteiger partial charge in [-0.2, -0.15) is 13.2 Å². The molecule has 3 aromatic rings. The zero-order valence-corrected chi connectivity index (χ0v) is 19.3. The number of halogens is 5. The maximum Gasteiger partial charge on any atom is 0.419 e. The van der Waals surface area contributed by atoms with Crippen LogP contribution in [0.15, 0.2) is 24.3 Å². The second-order valence-corrected chi connectivity index (χ2v) is 7.40. The normalized spacial score (nSPS) is 11.7. The molecule has 2 aromatic carbocycles. The molecule has 0 spiro atoms. The smallest absolute Gasteiger partial charge is 0.419 e. The summed E-state index contributed by atoms with van der Waals surface area (Å²) < 4.78 is 88.9. The number of hydrogen-bond acceptors (Lipinski definition) is 7. The average molecular weight is 501 g/mol. The summed E-state index contributed by atoms with van der Waals surface area (Å²) >= 11 is 0. The summed E-state index contributed by atoms with van der Waals surface area (Å²) in [5, 5.41) is 3.23. The molecular formula is C23H24F5N3O4. The van der Waals surface area contributed by atoms with E-state index in [1.54, 1.807) is 19.1 Å². The molecule has 1 heterocycles. The summed E-state index contributed by atoms with van der Waals surface area (Å²) in [6.07, 6.45) is -5.03. The number of ether oxygens (including phenoxy) is 4. The van der Waals surface area contributed by atoms with E-state index in [1.807, 2.05) is 0 Å². The lowest BCUT2D eigenvalue weighted by Crippen LogP contribution is -2.13. The van der Waals surface area contributed by atoms with Crippen molar-refractivity contribution in [3.63, 3.8) is 0 Å². The zero-order chi connectivity index (χ0) is 25.6. The Morgan fingerprint density at radius 1 is 0.857 bits per heavy atom. The largest absolute Gasteiger partial charge is 0.487 e. The molecule has 0 unspecified atom stereocenters. The molecule has 0 aliphatic rings. The Morgan fingerprint density at radius 2 is 1.49 bits per heavy atom. The Hall–Kier alpha value is -3.25. The van der Waals surface area contributed by atoms with Gasteiger partial charge < -0.3 is 24.3 Å². The van der Waals surface area contributed by atoms with Crippen LogP contribution < -0.4 is 14.8 Å². The van der Waals surface area contributed by atoms with Crippen molar-refractivity contribution in [3.05, 3.63) is 52.9 Å². The molecule has 0 saturated carbocycles. The van der Waals surface area contributed by atoms with Gasteiger partial charge in [-0.05, 0) is 25.1 Å². The Balaban J connectivity index is 1.98. The molecule has 0 fully saturated rings. The SMILES string of the molecule is COCCOc1cc2nc(C)nc(NCc3cc(F)cc(C(F)(F)F)c3F)c2cc1OCCOC. The third kappa shape index (κ3) is 6.67. The average Bonchev–Trinajstić information content (AvgIpc) is 2.79. The summed E-state index contributed by atoms with van der Waals surface area (Å²) in [7, 11) is 3.06. The van der Waals surface area contributed by atoms with Crippen LogP contribution in [0.4, 0.5) is 27.8 Å². The maximum atomic E-state index is 14.5. The van der Waals surface area contributed by atoms with E-state index >= 15 is 0 Å². The van der Waals surface area contributed by atoms with Crippen molar-refractivity contribution < 1.29 is 40.9 Å². The van der Waals surface area contributed by atoms with Crippen molar-refractivity contribution >= 4 is 16.7 Å². The third-order valence-corrected chi connectivity index (χ3v) is 4.83. The lowest BCUT2D eigenvalue weighted by atomic mass is 10.1. The number of nitrogens with zero attached hydrogens (tertiary/aromatic N) is 2. The third-order valence-electron chi connectivity index (χ3n) is 4.83. The number of aryl methyl sites for hydroxylation is 1. The molecule has 3 rings (SSSR count). The molecule has 190 valence electrons. The van der Waals surface area contributed by atoms with E-state index in [0.29, 0.717) is 47.5 Å². The molecule has 0 amide bonds. The first-order chi connectivity index (χ1) is 16.6. The number of alkyl halides is 3. The maximum absolute atomic E-state index is 14.5. The van der Waals surface area contributed by atoms with Crippen molar-refractivity contribution in [2.45, 2.75) is 19.6 Å². The van der Waals surface area contributed by atoms with Crippen molar-refractivity contribution in [1.29, 1.82) is 0 Å². The molecule has 0 atom stereocenters. The Labute approximate surface area is 198 Å². The van der Waals surface area contributed by atoms with E-state index in [4.69, 9.17) is 18.9 Å². The van der Waals surface area contributed by atoms with Crippen LogP contribution in [0.1, 0.15) is 17.0 Å². The number of fused-ring (bicyclic) bond motifs is 1. The van der Waals surface area contributed by atoms with Gasteiger partial charge in [-0.25, -0.2) is 18.7 Å². The Morgan fingerprint density at radius 3 is 2.09 bits per heavy atom. The molecule has 0 aliphatic carbocycles. The highest BCUT2D eigenvalue weighted by Gasteiger charge is 2.35. The highest BCUT2D eigenvalue weighted by Crippen LogP contribution is 2.36. The van der Waals surface area contributed by atoms with Gasteiger partial charge in [0.25, 0.3) is 0 Å². The fourth-order valence-electron chi connectivity index (χ4n) is 3.24. The van der Waals surface area contributed by atoms with Gasteiger partial charge in [-0.1, -0.05) is 0 Å². The van der Waals surface area contributed by atoms with Crippen LogP contribution in [0.25, 0.3) is 10.9 Å². The minimum absolute atomic E-state index is 0.123. The first-order valence-electron chi connectivity index (χ1n) is 10.5. The molecule has 0 radical (unpaired) electrons. The molecule has 35 heavy (non-hydrogen) atoms. The number of methoxy groups -OCH3 is 2. The van der Waals surface area contributed by atoms with Crippen molar-refractivity contribution in [2.75, 3.05) is 46.0 Å². The van der Waals surface area contributed by atoms with Crippen LogP contribution in [0.5, 0.6) is 11.5 Å². The number of nitrogens with one attached hydrogen (secondary N) is 1. The van der Waals surface area contributed by atoms with Crippen molar-refractivity contribution in [1.82, 2.24) is 9.97 Å². The Kier molecular flexibility index (Phi) is 8.62. The number of anilines is 1. The van der Waals surface area contributed by atoms with Gasteiger partial charge in [-0.3, -0.25) is 0 Å². The van der Waals surface area contributed by atoms with E-state index in [2.05, 4.69) is 15.3 Å². The molecule has 0 saturated heterocycles. The molecule has 0 bridgehead atoms. The highest BCUT2D eigenvalue weighted by molar-refractivity contribution is 5.91. The summed E-state index contributed by atoms with van der Waals surface area (Å²) in [6.45, 7) is 2.27. The molecule has 12 heteroatoms. The summed E-state index contributed by atoms with van der Waals surface area (Å²) in [4.78, 5) is 8.65. The van der Waals surface area contributed by atoms with E-state index in [1.165, 1.54) is 14.2 Å². The van der Waals surface area contributed by atoms with Gasteiger partial charge in [0.15, 0.2) is 11.5 Å². The second kappa shape index (κ2) is 11.5. The van der Waals surface area contributed by atoms with Crippen LogP contribution in [-0.4, -0.2) is 50.6 Å². The number of hydrogen-bond donors (Lipinski definition) is 1. The van der Waals surface area contributed by atoms with Crippen molar-refractivity contribution in [3.8, 4) is 11.5 Å². The van der Waals surface area contributed by atoms with Crippen LogP contribution in [0, 0.1) is 18.6 Å². The van der Waals surface area contributed by atoms with E-state index in [0.717, 1.165) is 0 Å². The molecule has 7 nitrogen and oxygen atoms in total. The monoisotopic (exact) mass is 501 g/mol. The molecule has 0 aliphatic heterocycles. The minimum atomic E-state index is -5.03. The number of aromatic nitrogens is 2. The fourth-order valence-corrected chi connectivity index (χ4v) is 3.24. The lowest BCUT2D eigenvalue weighted by molar-refractivity contribution is -0.140. The second-order valence-electron chi connectivity index (χ2n) is 7.40. The molecule has 1 aromatic heterocycles. The molecular weight excluding hydrogens is 477 g/mol. The Bertz CT molecular complexity index is 1170. The predicted molar refractivity (Wildman–Crippen MR) is 118 cm³/mol. The van der Waals surface area contributed by atoms with Crippen LogP contribution in [0.3, 0.4) is 0 Å². The van der Waals surface area contributed by atoms with Gasteiger partial charge >= 0.3 is 6.18 Å². The lowest BCUT2D eigenvalue weighted by Gasteiger charge is -2.16. The molecule has 1 N–H and O–H groups in total. The van der Waals surface area contributed by atoms with Crippen molar-refractivity contribution in [2.24, 2.45) is 0 Å². The van der Waals surface area contributed by atoms with Gasteiger partial charge in [0.2, 0.25) is 0 Å². The summed E-state index contributed by atoms with van der Waals surface area (Å²) in [6, 6.07) is 4.04. The minimum Gasteiger partial charge on any atom is -0.487 e. The van der Waals surface area contributed by atoms with E-state index < -0.39 is 35.5 Å². The van der Waals surface area contributed by atoms with Gasteiger partial charge in [0.1, 0.15) is 36.5 Å². The first-order valence-corrected chi connectivity index (χ1v) is 10.5. The van der Waals surface area contributed by atoms with Gasteiger partial charge in [-0.15, -0.1) is 0 Å². The van der Waals surface area contributed by atoms with Crippen LogP contribution >= 0.6 is 0 Å². The first kappa shape index (κ1) is 26.4. The topological polar surface area (TPSA) is 74.7 Å². The number of benzene rings is 2. The fraction of sp³-hybridized carbons (Fsp3) is 0.391. The van der Waals surface area contributed by atoms with E-state index in [9.17, 15) is 22.0 Å². The number of rotatable bonds is 11. The van der Waals surface area contributed by atoms with Crippen LogP contribution in [-0.2, 0) is 22.2 Å². The van der Waals surface area contributed by atoms with E-state index in [-0.39, 0.29) is 25.1 Å². The zero-order valence-electron chi connectivity index (χ0n) is 19.3. The summed E-state index contributed by atoms with van der Waals surface area (Å²) in [5.41, 5.74) is -1.73. The summed E-state index contributed by atoms with van der Waals surface area (Å²) in [5.74, 6) is -1.49. The highest BCUT2D eigenvalue weighted by atomic mass is 19.4. The van der Waals surface area contributed by atoms with Gasteiger partial charge in [0, 0.05) is 37.8 Å².